The van der Waals surface area contributed by atoms with Gasteiger partial charge in [-0.3, -0.25) is 14.4 Å². The Morgan fingerprint density at radius 1 is 1.00 bits per heavy atom. The molecule has 0 amide bonds. The molecule has 178 valence electrons. The third-order valence-corrected chi connectivity index (χ3v) is 10.1. The number of esters is 2. The van der Waals surface area contributed by atoms with E-state index in [2.05, 4.69) is 19.9 Å². The number of fused-ring (bicyclic) bond motifs is 5. The minimum Gasteiger partial charge on any atom is -0.462 e. The average molecular weight is 447 g/mol. The first-order valence-corrected chi connectivity index (χ1v) is 12.1. The van der Waals surface area contributed by atoms with Crippen molar-refractivity contribution in [2.24, 2.45) is 28.6 Å². The van der Waals surface area contributed by atoms with E-state index in [0.717, 1.165) is 25.7 Å². The lowest BCUT2D eigenvalue weighted by Gasteiger charge is -2.63. The highest BCUT2D eigenvalue weighted by atomic mass is 16.6. The molecule has 0 bridgehead atoms. The van der Waals surface area contributed by atoms with Crippen LogP contribution in [0.3, 0.4) is 0 Å². The quantitative estimate of drug-likeness (QED) is 0.518. The van der Waals surface area contributed by atoms with Gasteiger partial charge in [0.25, 0.3) is 0 Å². The van der Waals surface area contributed by atoms with Gasteiger partial charge >= 0.3 is 11.9 Å². The Morgan fingerprint density at radius 2 is 1.66 bits per heavy atom. The molecule has 3 saturated carbocycles. The fraction of sp³-hybridized carbons (Fsp3) is 0.808. The molecule has 4 aliphatic carbocycles. The molecular weight excluding hydrogens is 408 g/mol. The molecule has 2 unspecified atom stereocenters. The van der Waals surface area contributed by atoms with Gasteiger partial charge in [0.1, 0.15) is 17.3 Å². The number of ether oxygens (including phenoxy) is 2. The first kappa shape index (κ1) is 23.5. The van der Waals surface area contributed by atoms with Crippen molar-refractivity contribution in [3.05, 3.63) is 11.6 Å². The number of ketones is 1. The van der Waals surface area contributed by atoms with Crippen molar-refractivity contribution in [3.63, 3.8) is 0 Å². The predicted octanol–water partition coefficient (Wildman–Crippen LogP) is 4.13. The Bertz CT molecular complexity index is 878. The highest BCUT2D eigenvalue weighted by molar-refractivity contribution is 5.86. The molecule has 6 heteroatoms. The number of rotatable bonds is 3. The van der Waals surface area contributed by atoms with Crippen LogP contribution in [0.2, 0.25) is 0 Å². The van der Waals surface area contributed by atoms with E-state index in [1.807, 2.05) is 6.92 Å². The predicted molar refractivity (Wildman–Crippen MR) is 118 cm³/mol. The standard InChI is InChI=1S/C26H38O6/c1-15(27)26(30)12-10-21-20-8-7-18-13-19(31-16(2)28)14-24(5,32-17(3)29)25(18,6)22(20)9-11-23(21,26)4/h7,19-22,30H,8-14H2,1-6H3/t19?,20-,21-,22-,23-,24?,25-,26-/m0/s1. The van der Waals surface area contributed by atoms with Gasteiger partial charge in [0.2, 0.25) is 0 Å². The lowest BCUT2D eigenvalue weighted by molar-refractivity contribution is -0.203. The van der Waals surface area contributed by atoms with Gasteiger partial charge in [0.05, 0.1) is 0 Å². The molecule has 0 saturated heterocycles. The third kappa shape index (κ3) is 3.04. The van der Waals surface area contributed by atoms with E-state index in [1.54, 1.807) is 0 Å². The minimum atomic E-state index is -1.25. The van der Waals surface area contributed by atoms with Crippen molar-refractivity contribution in [3.8, 4) is 0 Å². The summed E-state index contributed by atoms with van der Waals surface area (Å²) in [5.74, 6) is 0.0732. The van der Waals surface area contributed by atoms with Crippen LogP contribution in [0, 0.1) is 28.6 Å². The summed E-state index contributed by atoms with van der Waals surface area (Å²) in [6.07, 6.45) is 7.00. The fourth-order valence-electron chi connectivity index (χ4n) is 8.43. The zero-order valence-electron chi connectivity index (χ0n) is 20.3. The summed E-state index contributed by atoms with van der Waals surface area (Å²) in [7, 11) is 0. The largest absolute Gasteiger partial charge is 0.462 e. The molecule has 0 radical (unpaired) electrons. The monoisotopic (exact) mass is 446 g/mol. The molecule has 0 aliphatic heterocycles. The van der Waals surface area contributed by atoms with E-state index >= 15 is 0 Å². The molecule has 0 aromatic heterocycles. The van der Waals surface area contributed by atoms with Gasteiger partial charge in [-0.15, -0.1) is 0 Å². The Balaban J connectivity index is 1.75. The summed E-state index contributed by atoms with van der Waals surface area (Å²) in [4.78, 5) is 36.4. The molecule has 6 nitrogen and oxygen atoms in total. The maximum absolute atomic E-state index is 12.5. The number of carbonyl (C=O) groups is 3. The summed E-state index contributed by atoms with van der Waals surface area (Å²) < 4.78 is 11.6. The Hall–Kier alpha value is -1.69. The van der Waals surface area contributed by atoms with Crippen LogP contribution in [0.25, 0.3) is 0 Å². The zero-order chi connectivity index (χ0) is 23.7. The summed E-state index contributed by atoms with van der Waals surface area (Å²) in [6, 6.07) is 0. The molecule has 4 aliphatic rings. The average Bonchev–Trinajstić information content (AvgIpc) is 2.94. The van der Waals surface area contributed by atoms with E-state index in [4.69, 9.17) is 9.47 Å². The lowest BCUT2D eigenvalue weighted by atomic mass is 9.43. The first-order valence-electron chi connectivity index (χ1n) is 12.1. The molecule has 4 rings (SSSR count). The number of hydrogen-bond acceptors (Lipinski definition) is 6. The number of Topliss-reactive ketones (excluding diaryl/α,β-unsaturated/α-hetero) is 1. The van der Waals surface area contributed by atoms with E-state index in [9.17, 15) is 19.5 Å². The van der Waals surface area contributed by atoms with Crippen LogP contribution in [0.1, 0.15) is 86.5 Å². The summed E-state index contributed by atoms with van der Waals surface area (Å²) >= 11 is 0. The Labute approximate surface area is 191 Å². The van der Waals surface area contributed by atoms with Gasteiger partial charge < -0.3 is 14.6 Å². The van der Waals surface area contributed by atoms with Crippen LogP contribution in [0.15, 0.2) is 11.6 Å². The summed E-state index contributed by atoms with van der Waals surface area (Å²) in [6.45, 7) is 10.7. The SMILES string of the molecule is CC(=O)OC1CC2=CC[C@@H]3[C@H](CC[C@@]4(C)[C@H]3CC[C@]4(O)C(C)=O)[C@@]2(C)C(C)(OC(C)=O)C1. The smallest absolute Gasteiger partial charge is 0.303 e. The molecule has 32 heavy (non-hydrogen) atoms. The van der Waals surface area contributed by atoms with Crippen molar-refractivity contribution in [2.75, 3.05) is 0 Å². The Morgan fingerprint density at radius 3 is 2.25 bits per heavy atom. The molecule has 0 aromatic rings. The fourth-order valence-corrected chi connectivity index (χ4v) is 8.43. The molecule has 8 atom stereocenters. The van der Waals surface area contributed by atoms with Gasteiger partial charge in [-0.2, -0.15) is 0 Å². The topological polar surface area (TPSA) is 89.9 Å². The molecule has 0 heterocycles. The number of carbonyl (C=O) groups excluding carboxylic acids is 3. The number of aliphatic hydroxyl groups is 1. The van der Waals surface area contributed by atoms with Gasteiger partial charge in [0.15, 0.2) is 5.78 Å². The maximum Gasteiger partial charge on any atom is 0.303 e. The van der Waals surface area contributed by atoms with Gasteiger partial charge in [0, 0.05) is 37.5 Å². The van der Waals surface area contributed by atoms with E-state index in [1.165, 1.54) is 26.3 Å². The van der Waals surface area contributed by atoms with Crippen molar-refractivity contribution in [1.29, 1.82) is 0 Å². The van der Waals surface area contributed by atoms with Crippen molar-refractivity contribution < 1.29 is 29.0 Å². The van der Waals surface area contributed by atoms with Crippen LogP contribution >= 0.6 is 0 Å². The van der Waals surface area contributed by atoms with Gasteiger partial charge in [-0.1, -0.05) is 25.5 Å². The van der Waals surface area contributed by atoms with Crippen LogP contribution in [0.5, 0.6) is 0 Å². The molecule has 3 fully saturated rings. The summed E-state index contributed by atoms with van der Waals surface area (Å²) in [5.41, 5.74) is -1.64. The molecule has 0 aromatic carbocycles. The highest BCUT2D eigenvalue weighted by Gasteiger charge is 2.68. The molecule has 0 spiro atoms. The normalized spacial score (nSPS) is 47.4. The summed E-state index contributed by atoms with van der Waals surface area (Å²) in [5, 5.41) is 11.4. The maximum atomic E-state index is 12.5. The van der Waals surface area contributed by atoms with E-state index < -0.39 is 16.6 Å². The van der Waals surface area contributed by atoms with Crippen molar-refractivity contribution in [2.45, 2.75) is 104 Å². The highest BCUT2D eigenvalue weighted by Crippen LogP contribution is 2.69. The first-order chi connectivity index (χ1) is 14.8. The van der Waals surface area contributed by atoms with Crippen LogP contribution in [0.4, 0.5) is 0 Å². The van der Waals surface area contributed by atoms with Crippen molar-refractivity contribution >= 4 is 17.7 Å². The minimum absolute atomic E-state index is 0.120. The second-order valence-corrected chi connectivity index (χ2v) is 11.4. The van der Waals surface area contributed by atoms with Gasteiger partial charge in [-0.05, 0) is 63.7 Å². The Kier molecular flexibility index (Phi) is 5.43. The number of allylic oxidation sites excluding steroid dienone is 1. The lowest BCUT2D eigenvalue weighted by Crippen LogP contribution is -2.63. The van der Waals surface area contributed by atoms with E-state index in [0.29, 0.717) is 25.2 Å². The number of hydrogen-bond donors (Lipinski definition) is 1. The van der Waals surface area contributed by atoms with Crippen LogP contribution in [-0.2, 0) is 23.9 Å². The third-order valence-electron chi connectivity index (χ3n) is 10.1. The molecule has 1 N–H and O–H groups in total. The van der Waals surface area contributed by atoms with Crippen molar-refractivity contribution in [1.82, 2.24) is 0 Å². The van der Waals surface area contributed by atoms with Crippen LogP contribution < -0.4 is 0 Å². The van der Waals surface area contributed by atoms with E-state index in [-0.39, 0.29) is 41.1 Å². The molecular formula is C26H38O6. The zero-order valence-corrected chi connectivity index (χ0v) is 20.3. The van der Waals surface area contributed by atoms with Gasteiger partial charge in [-0.25, -0.2) is 0 Å². The second kappa shape index (κ2) is 7.41. The van der Waals surface area contributed by atoms with Crippen LogP contribution in [-0.4, -0.2) is 40.1 Å². The second-order valence-electron chi connectivity index (χ2n) is 11.4.